The SMILES string of the molecule is CCNC(Cc1ncc(C)c(OC)c1C)c1sccc1C. The number of ether oxygens (including phenoxy) is 1. The molecule has 0 aliphatic rings. The van der Waals surface area contributed by atoms with E-state index in [2.05, 4.69) is 42.5 Å². The molecule has 21 heavy (non-hydrogen) atoms. The number of likely N-dealkylation sites (N-methyl/N-ethyl adjacent to an activating group) is 1. The maximum Gasteiger partial charge on any atom is 0.128 e. The molecule has 0 saturated heterocycles. The second-order valence-electron chi connectivity index (χ2n) is 5.33. The number of hydrogen-bond acceptors (Lipinski definition) is 4. The molecule has 1 unspecified atom stereocenters. The Balaban J connectivity index is 2.32. The number of aryl methyl sites for hydroxylation is 2. The van der Waals surface area contributed by atoms with Crippen molar-refractivity contribution >= 4 is 11.3 Å². The zero-order valence-electron chi connectivity index (χ0n) is 13.5. The Hall–Kier alpha value is -1.39. The quantitative estimate of drug-likeness (QED) is 0.877. The van der Waals surface area contributed by atoms with Gasteiger partial charge in [0.25, 0.3) is 0 Å². The fourth-order valence-electron chi connectivity index (χ4n) is 2.72. The predicted octanol–water partition coefficient (Wildman–Crippen LogP) is 3.97. The number of hydrogen-bond donors (Lipinski definition) is 1. The molecule has 0 aliphatic heterocycles. The van der Waals surface area contributed by atoms with E-state index in [-0.39, 0.29) is 0 Å². The van der Waals surface area contributed by atoms with Gasteiger partial charge < -0.3 is 10.1 Å². The highest BCUT2D eigenvalue weighted by atomic mass is 32.1. The van der Waals surface area contributed by atoms with Crippen LogP contribution in [0.3, 0.4) is 0 Å². The molecule has 0 saturated carbocycles. The monoisotopic (exact) mass is 304 g/mol. The van der Waals surface area contributed by atoms with Gasteiger partial charge in [0.1, 0.15) is 5.75 Å². The van der Waals surface area contributed by atoms with Crippen molar-refractivity contribution < 1.29 is 4.74 Å². The summed E-state index contributed by atoms with van der Waals surface area (Å²) >= 11 is 1.81. The topological polar surface area (TPSA) is 34.2 Å². The van der Waals surface area contributed by atoms with Crippen LogP contribution in [0.1, 0.15) is 40.2 Å². The van der Waals surface area contributed by atoms with Crippen molar-refractivity contribution in [2.75, 3.05) is 13.7 Å². The Bertz CT molecular complexity index is 607. The average molecular weight is 304 g/mol. The summed E-state index contributed by atoms with van der Waals surface area (Å²) in [7, 11) is 1.73. The van der Waals surface area contributed by atoms with E-state index < -0.39 is 0 Å². The first-order valence-corrected chi connectivity index (χ1v) is 8.22. The Labute approximate surface area is 131 Å². The minimum atomic E-state index is 0.314. The zero-order valence-corrected chi connectivity index (χ0v) is 14.3. The van der Waals surface area contributed by atoms with Crippen LogP contribution in [-0.2, 0) is 6.42 Å². The van der Waals surface area contributed by atoms with Gasteiger partial charge in [-0.25, -0.2) is 0 Å². The van der Waals surface area contributed by atoms with Crippen molar-refractivity contribution in [3.8, 4) is 5.75 Å². The molecule has 0 spiro atoms. The molecule has 0 radical (unpaired) electrons. The number of aromatic nitrogens is 1. The number of methoxy groups -OCH3 is 1. The molecule has 2 heterocycles. The third-order valence-corrected chi connectivity index (χ3v) is 4.95. The van der Waals surface area contributed by atoms with Crippen molar-refractivity contribution in [1.82, 2.24) is 10.3 Å². The summed E-state index contributed by atoms with van der Waals surface area (Å²) in [5.74, 6) is 0.957. The number of rotatable bonds is 6. The molecule has 2 aromatic rings. The molecule has 1 atom stereocenters. The Morgan fingerprint density at radius 1 is 1.29 bits per heavy atom. The van der Waals surface area contributed by atoms with Crippen molar-refractivity contribution in [2.24, 2.45) is 0 Å². The molecule has 0 amide bonds. The first kappa shape index (κ1) is 16.0. The van der Waals surface area contributed by atoms with E-state index in [4.69, 9.17) is 4.74 Å². The average Bonchev–Trinajstić information content (AvgIpc) is 2.88. The highest BCUT2D eigenvalue weighted by Crippen LogP contribution is 2.30. The summed E-state index contributed by atoms with van der Waals surface area (Å²) in [5, 5.41) is 5.74. The fraction of sp³-hybridized carbons (Fsp3) is 0.471. The van der Waals surface area contributed by atoms with Gasteiger partial charge in [-0.3, -0.25) is 4.98 Å². The summed E-state index contributed by atoms with van der Waals surface area (Å²) < 4.78 is 5.51. The van der Waals surface area contributed by atoms with E-state index >= 15 is 0 Å². The number of nitrogens with zero attached hydrogens (tertiary/aromatic N) is 1. The van der Waals surface area contributed by atoms with Crippen LogP contribution >= 0.6 is 11.3 Å². The molecule has 2 aromatic heterocycles. The molecule has 0 bridgehead atoms. The van der Waals surface area contributed by atoms with Crippen molar-refractivity contribution in [3.63, 3.8) is 0 Å². The largest absolute Gasteiger partial charge is 0.496 e. The van der Waals surface area contributed by atoms with E-state index in [1.54, 1.807) is 7.11 Å². The van der Waals surface area contributed by atoms with Crippen LogP contribution in [0.25, 0.3) is 0 Å². The van der Waals surface area contributed by atoms with Gasteiger partial charge in [0.15, 0.2) is 0 Å². The second kappa shape index (κ2) is 7.05. The van der Waals surface area contributed by atoms with Crippen LogP contribution < -0.4 is 10.1 Å². The van der Waals surface area contributed by atoms with Crippen LogP contribution in [0.5, 0.6) is 5.75 Å². The standard InChI is InChI=1S/C17H24N2OS/c1-6-18-15(17-11(2)7-8-21-17)9-14-13(4)16(20-5)12(3)10-19-14/h7-8,10,15,18H,6,9H2,1-5H3. The Morgan fingerprint density at radius 2 is 2.05 bits per heavy atom. The minimum absolute atomic E-state index is 0.314. The normalized spacial score (nSPS) is 12.4. The summed E-state index contributed by atoms with van der Waals surface area (Å²) in [6.07, 6.45) is 2.79. The van der Waals surface area contributed by atoms with E-state index in [0.29, 0.717) is 6.04 Å². The lowest BCUT2D eigenvalue weighted by molar-refractivity contribution is 0.406. The highest BCUT2D eigenvalue weighted by Gasteiger charge is 2.18. The van der Waals surface area contributed by atoms with Gasteiger partial charge in [-0.15, -0.1) is 11.3 Å². The van der Waals surface area contributed by atoms with Gasteiger partial charge in [0.2, 0.25) is 0 Å². The lowest BCUT2D eigenvalue weighted by Crippen LogP contribution is -2.23. The first-order chi connectivity index (χ1) is 10.1. The van der Waals surface area contributed by atoms with Crippen LogP contribution in [0, 0.1) is 20.8 Å². The molecular formula is C17H24N2OS. The van der Waals surface area contributed by atoms with Crippen LogP contribution in [0.2, 0.25) is 0 Å². The summed E-state index contributed by atoms with van der Waals surface area (Å²) in [5.41, 5.74) is 4.69. The van der Waals surface area contributed by atoms with Gasteiger partial charge in [-0.1, -0.05) is 6.92 Å². The molecule has 0 aliphatic carbocycles. The van der Waals surface area contributed by atoms with E-state index in [9.17, 15) is 0 Å². The molecule has 0 aromatic carbocycles. The minimum Gasteiger partial charge on any atom is -0.496 e. The number of nitrogens with one attached hydrogen (secondary N) is 1. The molecule has 4 heteroatoms. The second-order valence-corrected chi connectivity index (χ2v) is 6.28. The van der Waals surface area contributed by atoms with Gasteiger partial charge >= 0.3 is 0 Å². The molecule has 1 N–H and O–H groups in total. The molecule has 114 valence electrons. The lowest BCUT2D eigenvalue weighted by atomic mass is 10.0. The molecule has 3 nitrogen and oxygen atoms in total. The van der Waals surface area contributed by atoms with E-state index in [1.807, 2.05) is 24.5 Å². The maximum atomic E-state index is 5.51. The third kappa shape index (κ3) is 3.44. The van der Waals surface area contributed by atoms with Crippen LogP contribution in [-0.4, -0.2) is 18.6 Å². The third-order valence-electron chi connectivity index (χ3n) is 3.82. The Morgan fingerprint density at radius 3 is 2.62 bits per heavy atom. The number of pyridine rings is 1. The van der Waals surface area contributed by atoms with Crippen molar-refractivity contribution in [3.05, 3.63) is 44.9 Å². The summed E-state index contributed by atoms with van der Waals surface area (Å²) in [6.45, 7) is 9.40. The van der Waals surface area contributed by atoms with Crippen molar-refractivity contribution in [1.29, 1.82) is 0 Å². The van der Waals surface area contributed by atoms with Gasteiger partial charge in [0, 0.05) is 40.4 Å². The zero-order chi connectivity index (χ0) is 15.4. The summed E-state index contributed by atoms with van der Waals surface area (Å²) in [4.78, 5) is 6.03. The molecular weight excluding hydrogens is 280 g/mol. The Kier molecular flexibility index (Phi) is 5.37. The van der Waals surface area contributed by atoms with Crippen molar-refractivity contribution in [2.45, 2.75) is 40.2 Å². The van der Waals surface area contributed by atoms with Gasteiger partial charge in [-0.05, 0) is 44.3 Å². The molecule has 0 fully saturated rings. The predicted molar refractivity (Wildman–Crippen MR) is 89.4 cm³/mol. The van der Waals surface area contributed by atoms with Gasteiger partial charge in [-0.2, -0.15) is 0 Å². The van der Waals surface area contributed by atoms with Gasteiger partial charge in [0.05, 0.1) is 7.11 Å². The smallest absolute Gasteiger partial charge is 0.128 e. The highest BCUT2D eigenvalue weighted by molar-refractivity contribution is 7.10. The maximum absolute atomic E-state index is 5.51. The first-order valence-electron chi connectivity index (χ1n) is 7.34. The van der Waals surface area contributed by atoms with E-state index in [1.165, 1.54) is 10.4 Å². The van der Waals surface area contributed by atoms with Crippen LogP contribution in [0.4, 0.5) is 0 Å². The summed E-state index contributed by atoms with van der Waals surface area (Å²) in [6, 6.07) is 2.49. The van der Waals surface area contributed by atoms with Crippen LogP contribution in [0.15, 0.2) is 17.6 Å². The fourth-order valence-corrected chi connectivity index (χ4v) is 3.72. The molecule has 2 rings (SSSR count). The lowest BCUT2D eigenvalue weighted by Gasteiger charge is -2.20. The number of thiophene rings is 1. The van der Waals surface area contributed by atoms with E-state index in [0.717, 1.165) is 35.5 Å².